The van der Waals surface area contributed by atoms with Crippen molar-refractivity contribution in [2.45, 2.75) is 24.9 Å². The highest BCUT2D eigenvalue weighted by Crippen LogP contribution is 2.42. The first-order valence-electron chi connectivity index (χ1n) is 10.6. The van der Waals surface area contributed by atoms with Gasteiger partial charge in [-0.3, -0.25) is 9.69 Å². The Morgan fingerprint density at radius 3 is 2.53 bits per heavy atom. The van der Waals surface area contributed by atoms with Crippen molar-refractivity contribution in [1.29, 1.82) is 0 Å². The Morgan fingerprint density at radius 1 is 1.00 bits per heavy atom. The molecule has 30 heavy (non-hydrogen) atoms. The third kappa shape index (κ3) is 3.80. The Kier molecular flexibility index (Phi) is 5.40. The summed E-state index contributed by atoms with van der Waals surface area (Å²) in [5.74, 6) is 0.519. The van der Waals surface area contributed by atoms with Gasteiger partial charge in [-0.05, 0) is 41.1 Å². The third-order valence-electron chi connectivity index (χ3n) is 6.55. The van der Waals surface area contributed by atoms with Gasteiger partial charge in [0.1, 0.15) is 5.82 Å². The quantitative estimate of drug-likeness (QED) is 0.592. The van der Waals surface area contributed by atoms with Gasteiger partial charge in [0.05, 0.1) is 4.88 Å². The van der Waals surface area contributed by atoms with Crippen LogP contribution in [0.3, 0.4) is 0 Å². The molecule has 2 aromatic carbocycles. The van der Waals surface area contributed by atoms with E-state index in [9.17, 15) is 9.18 Å². The number of nitrogens with zero attached hydrogens (tertiary/aromatic N) is 2. The maximum absolute atomic E-state index is 13.5. The van der Waals surface area contributed by atoms with Gasteiger partial charge < -0.3 is 4.90 Å². The van der Waals surface area contributed by atoms with E-state index in [1.807, 2.05) is 35.7 Å². The molecule has 3 aromatic rings. The minimum Gasteiger partial charge on any atom is -0.334 e. The Hall–Kier alpha value is -2.50. The number of thiophene rings is 1. The molecular formula is C25H25FN2OS. The zero-order valence-corrected chi connectivity index (χ0v) is 17.6. The molecule has 3 heterocycles. The predicted molar refractivity (Wildman–Crippen MR) is 118 cm³/mol. The minimum absolute atomic E-state index is 0.140. The predicted octanol–water partition coefficient (Wildman–Crippen LogP) is 5.02. The first-order valence-corrected chi connectivity index (χ1v) is 11.4. The lowest BCUT2D eigenvalue weighted by Crippen LogP contribution is -2.47. The number of carbonyl (C=O) groups is 1. The summed E-state index contributed by atoms with van der Waals surface area (Å²) in [6, 6.07) is 21.5. The van der Waals surface area contributed by atoms with E-state index < -0.39 is 0 Å². The van der Waals surface area contributed by atoms with Gasteiger partial charge in [0, 0.05) is 44.1 Å². The SMILES string of the molecule is O=C(c1cccs1)N1C[C@H](c2ccc(F)cc2)[C@H]2CN(Cc3ccccc3)CC[C@H]21. The molecule has 5 rings (SSSR count). The van der Waals surface area contributed by atoms with Crippen molar-refractivity contribution in [2.75, 3.05) is 19.6 Å². The Morgan fingerprint density at radius 2 is 1.80 bits per heavy atom. The van der Waals surface area contributed by atoms with E-state index in [2.05, 4.69) is 34.1 Å². The lowest BCUT2D eigenvalue weighted by molar-refractivity contribution is 0.0618. The maximum atomic E-state index is 13.5. The van der Waals surface area contributed by atoms with E-state index in [1.54, 1.807) is 12.1 Å². The highest BCUT2D eigenvalue weighted by molar-refractivity contribution is 7.12. The zero-order chi connectivity index (χ0) is 20.5. The minimum atomic E-state index is -0.214. The largest absolute Gasteiger partial charge is 0.334 e. The molecule has 0 unspecified atom stereocenters. The Balaban J connectivity index is 1.41. The van der Waals surface area contributed by atoms with E-state index in [0.29, 0.717) is 12.5 Å². The molecule has 2 aliphatic rings. The van der Waals surface area contributed by atoms with Crippen LogP contribution in [-0.2, 0) is 6.54 Å². The number of amides is 1. The summed E-state index contributed by atoms with van der Waals surface area (Å²) in [6.45, 7) is 3.58. The van der Waals surface area contributed by atoms with Crippen molar-refractivity contribution in [2.24, 2.45) is 5.92 Å². The summed E-state index contributed by atoms with van der Waals surface area (Å²) in [5, 5.41) is 1.96. The van der Waals surface area contributed by atoms with Crippen LogP contribution in [0.1, 0.15) is 33.1 Å². The van der Waals surface area contributed by atoms with Crippen LogP contribution in [0.5, 0.6) is 0 Å². The van der Waals surface area contributed by atoms with Crippen LogP contribution < -0.4 is 0 Å². The van der Waals surface area contributed by atoms with Gasteiger partial charge in [-0.1, -0.05) is 48.5 Å². The summed E-state index contributed by atoms with van der Waals surface area (Å²) in [7, 11) is 0. The van der Waals surface area contributed by atoms with Gasteiger partial charge in [-0.15, -0.1) is 11.3 Å². The first-order chi connectivity index (χ1) is 14.7. The highest BCUT2D eigenvalue weighted by atomic mass is 32.1. The Labute approximate surface area is 180 Å². The molecule has 5 heteroatoms. The van der Waals surface area contributed by atoms with Crippen LogP contribution in [0.15, 0.2) is 72.1 Å². The second-order valence-corrected chi connectivity index (χ2v) is 9.28. The molecule has 2 saturated heterocycles. The first kappa shape index (κ1) is 19.5. The number of fused-ring (bicyclic) bond motifs is 1. The lowest BCUT2D eigenvalue weighted by Gasteiger charge is -2.39. The molecule has 154 valence electrons. The van der Waals surface area contributed by atoms with E-state index in [-0.39, 0.29) is 23.7 Å². The fraction of sp³-hybridized carbons (Fsp3) is 0.320. The second kappa shape index (κ2) is 8.32. The zero-order valence-electron chi connectivity index (χ0n) is 16.8. The van der Waals surface area contributed by atoms with Crippen LogP contribution in [0, 0.1) is 11.7 Å². The van der Waals surface area contributed by atoms with Crippen molar-refractivity contribution in [3.63, 3.8) is 0 Å². The summed E-state index contributed by atoms with van der Waals surface area (Å²) in [6.07, 6.45) is 0.978. The van der Waals surface area contributed by atoms with Gasteiger partial charge in [-0.25, -0.2) is 4.39 Å². The van der Waals surface area contributed by atoms with Crippen molar-refractivity contribution >= 4 is 17.2 Å². The molecule has 0 bridgehead atoms. The fourth-order valence-electron chi connectivity index (χ4n) is 5.13. The van der Waals surface area contributed by atoms with Crippen LogP contribution in [0.25, 0.3) is 0 Å². The van der Waals surface area contributed by atoms with Crippen molar-refractivity contribution in [3.05, 3.63) is 93.9 Å². The van der Waals surface area contributed by atoms with E-state index in [4.69, 9.17) is 0 Å². The maximum Gasteiger partial charge on any atom is 0.264 e. The van der Waals surface area contributed by atoms with Crippen LogP contribution in [-0.4, -0.2) is 41.4 Å². The number of halogens is 1. The van der Waals surface area contributed by atoms with Gasteiger partial charge in [0.15, 0.2) is 0 Å². The van der Waals surface area contributed by atoms with E-state index in [0.717, 1.165) is 36.5 Å². The number of benzene rings is 2. The molecule has 1 aromatic heterocycles. The molecule has 0 radical (unpaired) electrons. The van der Waals surface area contributed by atoms with Crippen LogP contribution in [0.4, 0.5) is 4.39 Å². The van der Waals surface area contributed by atoms with E-state index in [1.165, 1.54) is 16.9 Å². The summed E-state index contributed by atoms with van der Waals surface area (Å²) in [5.41, 5.74) is 2.45. The third-order valence-corrected chi connectivity index (χ3v) is 7.41. The number of hydrogen-bond acceptors (Lipinski definition) is 3. The molecule has 1 amide bonds. The lowest BCUT2D eigenvalue weighted by atomic mass is 9.81. The molecular weight excluding hydrogens is 395 g/mol. The van der Waals surface area contributed by atoms with E-state index >= 15 is 0 Å². The highest BCUT2D eigenvalue weighted by Gasteiger charge is 2.47. The fourth-order valence-corrected chi connectivity index (χ4v) is 5.81. The molecule has 2 fully saturated rings. The van der Waals surface area contributed by atoms with Crippen molar-refractivity contribution in [3.8, 4) is 0 Å². The number of piperidine rings is 1. The molecule has 3 atom stereocenters. The average Bonchev–Trinajstić information content (AvgIpc) is 3.43. The summed E-state index contributed by atoms with van der Waals surface area (Å²) >= 11 is 1.51. The van der Waals surface area contributed by atoms with Crippen molar-refractivity contribution < 1.29 is 9.18 Å². The molecule has 0 saturated carbocycles. The number of carbonyl (C=O) groups excluding carboxylic acids is 1. The summed E-state index contributed by atoms with van der Waals surface area (Å²) < 4.78 is 13.5. The van der Waals surface area contributed by atoms with Crippen LogP contribution >= 0.6 is 11.3 Å². The van der Waals surface area contributed by atoms with Crippen LogP contribution in [0.2, 0.25) is 0 Å². The monoisotopic (exact) mass is 420 g/mol. The number of hydrogen-bond donors (Lipinski definition) is 0. The summed E-state index contributed by atoms with van der Waals surface area (Å²) in [4.78, 5) is 18.6. The van der Waals surface area contributed by atoms with Gasteiger partial charge in [0.2, 0.25) is 0 Å². The number of likely N-dealkylation sites (tertiary alicyclic amines) is 2. The normalized spacial score (nSPS) is 24.0. The molecule has 2 aliphatic heterocycles. The number of rotatable bonds is 4. The molecule has 0 N–H and O–H groups in total. The average molecular weight is 421 g/mol. The smallest absolute Gasteiger partial charge is 0.264 e. The van der Waals surface area contributed by atoms with Gasteiger partial charge in [-0.2, -0.15) is 0 Å². The molecule has 3 nitrogen and oxygen atoms in total. The van der Waals surface area contributed by atoms with Gasteiger partial charge in [0.25, 0.3) is 5.91 Å². The van der Waals surface area contributed by atoms with Crippen molar-refractivity contribution in [1.82, 2.24) is 9.80 Å². The topological polar surface area (TPSA) is 23.6 Å². The molecule has 0 spiro atoms. The Bertz CT molecular complexity index is 990. The standard InChI is InChI=1S/C25H25FN2OS/c26-20-10-8-19(9-11-20)21-17-28(25(29)24-7-4-14-30-24)23-12-13-27(16-22(21)23)15-18-5-2-1-3-6-18/h1-11,14,21-23H,12-13,15-17H2/t21-,22-,23-/m1/s1. The second-order valence-electron chi connectivity index (χ2n) is 8.33. The van der Waals surface area contributed by atoms with Gasteiger partial charge >= 0.3 is 0 Å². The molecule has 0 aliphatic carbocycles.